The van der Waals surface area contributed by atoms with Crippen molar-refractivity contribution in [1.29, 1.82) is 0 Å². The lowest BCUT2D eigenvalue weighted by atomic mass is 10.0. The van der Waals surface area contributed by atoms with Crippen molar-refractivity contribution in [2.75, 3.05) is 31.7 Å². The molecule has 2 unspecified atom stereocenters. The number of nitrogens with two attached hydrogens (primary N) is 1. The van der Waals surface area contributed by atoms with Crippen molar-refractivity contribution >= 4 is 5.69 Å². The predicted octanol–water partition coefficient (Wildman–Crippen LogP) is 2.58. The molecule has 1 aromatic carbocycles. The van der Waals surface area contributed by atoms with E-state index < -0.39 is 0 Å². The highest BCUT2D eigenvalue weighted by molar-refractivity contribution is 5.50. The van der Waals surface area contributed by atoms with Gasteiger partial charge in [-0.15, -0.1) is 0 Å². The average Bonchev–Trinajstić information content (AvgIpc) is 2.87. The Balaban J connectivity index is 2.03. The molecule has 1 aliphatic heterocycles. The number of anilines is 1. The van der Waals surface area contributed by atoms with Crippen molar-refractivity contribution in [3.63, 3.8) is 0 Å². The highest BCUT2D eigenvalue weighted by atomic mass is 19.1. The average molecular weight is 280 g/mol. The van der Waals surface area contributed by atoms with Crippen molar-refractivity contribution in [3.05, 3.63) is 29.6 Å². The Hall–Kier alpha value is -1.13. The number of benzene rings is 1. The molecule has 0 radical (unpaired) electrons. The lowest BCUT2D eigenvalue weighted by Crippen LogP contribution is -2.23. The van der Waals surface area contributed by atoms with E-state index in [4.69, 9.17) is 10.5 Å². The van der Waals surface area contributed by atoms with Gasteiger partial charge < -0.3 is 15.4 Å². The molecule has 2 N–H and O–H groups in total. The topological polar surface area (TPSA) is 38.5 Å². The molecule has 1 saturated heterocycles. The Morgan fingerprint density at radius 1 is 1.50 bits per heavy atom. The molecular formula is C16H25FN2O. The fourth-order valence-corrected chi connectivity index (χ4v) is 2.80. The van der Waals surface area contributed by atoms with Gasteiger partial charge in [-0.1, -0.05) is 13.0 Å². The molecular weight excluding hydrogens is 255 g/mol. The SMILES string of the molecule is CCC(N)Cc1ccc(N2CCC(COC)C2)c(F)c1. The Morgan fingerprint density at radius 3 is 2.95 bits per heavy atom. The van der Waals surface area contributed by atoms with Gasteiger partial charge in [-0.05, 0) is 37.0 Å². The molecule has 1 aliphatic rings. The fraction of sp³-hybridized carbons (Fsp3) is 0.625. The molecule has 0 saturated carbocycles. The van der Waals surface area contributed by atoms with Crippen LogP contribution in [-0.2, 0) is 11.2 Å². The molecule has 0 spiro atoms. The number of rotatable bonds is 6. The second-order valence-corrected chi connectivity index (χ2v) is 5.71. The molecule has 2 atom stereocenters. The van der Waals surface area contributed by atoms with Crippen molar-refractivity contribution in [3.8, 4) is 0 Å². The van der Waals surface area contributed by atoms with Crippen LogP contribution in [-0.4, -0.2) is 32.8 Å². The summed E-state index contributed by atoms with van der Waals surface area (Å²) in [6.45, 7) is 4.58. The largest absolute Gasteiger partial charge is 0.384 e. The lowest BCUT2D eigenvalue weighted by Gasteiger charge is -2.20. The van der Waals surface area contributed by atoms with Crippen LogP contribution in [0.1, 0.15) is 25.3 Å². The zero-order valence-electron chi connectivity index (χ0n) is 12.4. The van der Waals surface area contributed by atoms with Gasteiger partial charge >= 0.3 is 0 Å². The highest BCUT2D eigenvalue weighted by Crippen LogP contribution is 2.27. The first-order valence-electron chi connectivity index (χ1n) is 7.42. The minimum Gasteiger partial charge on any atom is -0.384 e. The molecule has 1 aromatic rings. The smallest absolute Gasteiger partial charge is 0.146 e. The van der Waals surface area contributed by atoms with E-state index in [1.54, 1.807) is 13.2 Å². The molecule has 112 valence electrons. The summed E-state index contributed by atoms with van der Waals surface area (Å²) in [6.07, 6.45) is 2.71. The molecule has 0 aromatic heterocycles. The van der Waals surface area contributed by atoms with E-state index in [9.17, 15) is 4.39 Å². The summed E-state index contributed by atoms with van der Waals surface area (Å²) in [6, 6.07) is 5.63. The van der Waals surface area contributed by atoms with Crippen LogP contribution in [0.4, 0.5) is 10.1 Å². The first-order valence-corrected chi connectivity index (χ1v) is 7.42. The number of methoxy groups -OCH3 is 1. The van der Waals surface area contributed by atoms with E-state index in [2.05, 4.69) is 11.8 Å². The monoisotopic (exact) mass is 280 g/mol. The Bertz CT molecular complexity index is 438. The van der Waals surface area contributed by atoms with E-state index in [1.807, 2.05) is 12.1 Å². The zero-order valence-corrected chi connectivity index (χ0v) is 12.4. The van der Waals surface area contributed by atoms with E-state index >= 15 is 0 Å². The molecule has 0 bridgehead atoms. The van der Waals surface area contributed by atoms with Crippen LogP contribution in [0.25, 0.3) is 0 Å². The van der Waals surface area contributed by atoms with Gasteiger partial charge in [0.25, 0.3) is 0 Å². The third kappa shape index (κ3) is 3.70. The number of hydrogen-bond acceptors (Lipinski definition) is 3. The van der Waals surface area contributed by atoms with E-state index in [0.717, 1.165) is 44.5 Å². The summed E-state index contributed by atoms with van der Waals surface area (Å²) in [5.41, 5.74) is 7.61. The first-order chi connectivity index (χ1) is 9.63. The van der Waals surface area contributed by atoms with Gasteiger partial charge in [0.2, 0.25) is 0 Å². The Morgan fingerprint density at radius 2 is 2.30 bits per heavy atom. The molecule has 0 amide bonds. The summed E-state index contributed by atoms with van der Waals surface area (Å²) < 4.78 is 19.4. The maximum absolute atomic E-state index is 14.3. The van der Waals surface area contributed by atoms with Gasteiger partial charge in [0, 0.05) is 32.2 Å². The summed E-state index contributed by atoms with van der Waals surface area (Å²) in [5, 5.41) is 0. The quantitative estimate of drug-likeness (QED) is 0.870. The standard InChI is InChI=1S/C16H25FN2O/c1-3-14(18)8-12-4-5-16(15(17)9-12)19-7-6-13(10-19)11-20-2/h4-5,9,13-14H,3,6-8,10-11,18H2,1-2H3. The second-order valence-electron chi connectivity index (χ2n) is 5.71. The third-order valence-electron chi connectivity index (χ3n) is 4.06. The molecule has 2 rings (SSSR count). The highest BCUT2D eigenvalue weighted by Gasteiger charge is 2.24. The molecule has 1 fully saturated rings. The molecule has 4 heteroatoms. The Kier molecular flexibility index (Phi) is 5.38. The second kappa shape index (κ2) is 7.04. The zero-order chi connectivity index (χ0) is 14.5. The number of halogens is 1. The number of ether oxygens (including phenoxy) is 1. The van der Waals surface area contributed by atoms with Crippen LogP contribution in [0.2, 0.25) is 0 Å². The van der Waals surface area contributed by atoms with E-state index in [-0.39, 0.29) is 11.9 Å². The number of nitrogens with zero attached hydrogens (tertiary/aromatic N) is 1. The van der Waals surface area contributed by atoms with E-state index in [1.165, 1.54) is 0 Å². The van der Waals surface area contributed by atoms with Crippen molar-refractivity contribution < 1.29 is 9.13 Å². The predicted molar refractivity (Wildman–Crippen MR) is 80.6 cm³/mol. The minimum atomic E-state index is -0.135. The third-order valence-corrected chi connectivity index (χ3v) is 4.06. The van der Waals surface area contributed by atoms with Gasteiger partial charge in [0.15, 0.2) is 0 Å². The van der Waals surface area contributed by atoms with E-state index in [0.29, 0.717) is 11.6 Å². The Labute approximate surface area is 120 Å². The van der Waals surface area contributed by atoms with Crippen LogP contribution < -0.4 is 10.6 Å². The van der Waals surface area contributed by atoms with Gasteiger partial charge in [0.1, 0.15) is 5.82 Å². The maximum atomic E-state index is 14.3. The summed E-state index contributed by atoms with van der Waals surface area (Å²) in [5.74, 6) is 0.372. The molecule has 0 aliphatic carbocycles. The summed E-state index contributed by atoms with van der Waals surface area (Å²) >= 11 is 0. The van der Waals surface area contributed by atoms with Crippen molar-refractivity contribution in [1.82, 2.24) is 0 Å². The lowest BCUT2D eigenvalue weighted by molar-refractivity contribution is 0.161. The number of hydrogen-bond donors (Lipinski definition) is 1. The van der Waals surface area contributed by atoms with Crippen molar-refractivity contribution in [2.45, 2.75) is 32.2 Å². The normalized spacial score (nSPS) is 20.4. The molecule has 1 heterocycles. The fourth-order valence-electron chi connectivity index (χ4n) is 2.80. The van der Waals surface area contributed by atoms with Crippen LogP contribution in [0.15, 0.2) is 18.2 Å². The van der Waals surface area contributed by atoms with Gasteiger partial charge in [-0.3, -0.25) is 0 Å². The van der Waals surface area contributed by atoms with Gasteiger partial charge in [0.05, 0.1) is 12.3 Å². The first kappa shape index (κ1) is 15.3. The summed E-state index contributed by atoms with van der Waals surface area (Å²) in [7, 11) is 1.72. The van der Waals surface area contributed by atoms with Crippen molar-refractivity contribution in [2.24, 2.45) is 11.7 Å². The van der Waals surface area contributed by atoms with Crippen LogP contribution in [0.5, 0.6) is 0 Å². The molecule has 20 heavy (non-hydrogen) atoms. The van der Waals surface area contributed by atoms with Gasteiger partial charge in [-0.2, -0.15) is 0 Å². The minimum absolute atomic E-state index is 0.109. The molecule has 3 nitrogen and oxygen atoms in total. The summed E-state index contributed by atoms with van der Waals surface area (Å²) in [4.78, 5) is 2.11. The van der Waals surface area contributed by atoms with Gasteiger partial charge in [-0.25, -0.2) is 4.39 Å². The van der Waals surface area contributed by atoms with Crippen LogP contribution in [0, 0.1) is 11.7 Å². The van der Waals surface area contributed by atoms with Crippen LogP contribution >= 0.6 is 0 Å². The van der Waals surface area contributed by atoms with Crippen LogP contribution in [0.3, 0.4) is 0 Å². The maximum Gasteiger partial charge on any atom is 0.146 e.